The summed E-state index contributed by atoms with van der Waals surface area (Å²) >= 11 is 4.99. The third-order valence-corrected chi connectivity index (χ3v) is 4.67. The van der Waals surface area contributed by atoms with E-state index in [1.165, 1.54) is 0 Å². The van der Waals surface area contributed by atoms with Gasteiger partial charge in [0.15, 0.2) is 4.96 Å². The number of carbonyl (C=O) groups is 1. The maximum atomic E-state index is 12.2. The number of nitrogens with one attached hydrogen (secondary N) is 2. The topological polar surface area (TPSA) is 62.2 Å². The Balaban J connectivity index is 1.51. The molecule has 0 fully saturated rings. The minimum atomic E-state index is -0.135. The molecule has 3 heterocycles. The van der Waals surface area contributed by atoms with Gasteiger partial charge in [-0.05, 0) is 18.2 Å². The van der Waals surface area contributed by atoms with Gasteiger partial charge in [0.05, 0.1) is 12.2 Å². The summed E-state index contributed by atoms with van der Waals surface area (Å²) in [6, 6.07) is 7.73. The van der Waals surface area contributed by atoms with Crippen LogP contribution in [0.4, 0.5) is 0 Å². The lowest BCUT2D eigenvalue weighted by atomic mass is 10.2. The highest BCUT2D eigenvalue weighted by Gasteiger charge is 2.10. The zero-order chi connectivity index (χ0) is 15.1. The number of halogens is 1. The van der Waals surface area contributed by atoms with Crippen LogP contribution in [0.25, 0.3) is 15.9 Å². The first-order valence-corrected chi connectivity index (χ1v) is 8.34. The third kappa shape index (κ3) is 2.42. The molecule has 0 aliphatic carbocycles. The van der Waals surface area contributed by atoms with Gasteiger partial charge in [0.2, 0.25) is 0 Å². The van der Waals surface area contributed by atoms with Gasteiger partial charge in [-0.2, -0.15) is 0 Å². The van der Waals surface area contributed by atoms with E-state index in [0.29, 0.717) is 12.2 Å². The zero-order valence-electron chi connectivity index (χ0n) is 11.3. The quantitative estimate of drug-likeness (QED) is 0.575. The van der Waals surface area contributed by atoms with Crippen LogP contribution in [-0.4, -0.2) is 20.3 Å². The number of H-pyrrole nitrogens is 1. The molecule has 0 atom stereocenters. The fourth-order valence-corrected chi connectivity index (χ4v) is 3.43. The van der Waals surface area contributed by atoms with Gasteiger partial charge in [0.25, 0.3) is 5.91 Å². The van der Waals surface area contributed by atoms with Crippen LogP contribution in [-0.2, 0) is 6.54 Å². The van der Waals surface area contributed by atoms with E-state index in [1.807, 2.05) is 46.4 Å². The van der Waals surface area contributed by atoms with Crippen molar-refractivity contribution in [1.82, 2.24) is 19.7 Å². The lowest BCUT2D eigenvalue weighted by Gasteiger charge is -2.00. The fourth-order valence-electron chi connectivity index (χ4n) is 2.35. The molecule has 4 aromatic rings. The van der Waals surface area contributed by atoms with Gasteiger partial charge in [0.1, 0.15) is 5.69 Å². The molecule has 4 rings (SSSR count). The standard InChI is InChI=1S/C15H11BrN4OS/c16-10-2-1-9-5-13(19-12(9)6-10)14(21)17-7-11-8-20-3-4-22-15(20)18-11/h1-6,8,19H,7H2,(H,17,21). The summed E-state index contributed by atoms with van der Waals surface area (Å²) in [5.41, 5.74) is 2.33. The predicted molar refractivity (Wildman–Crippen MR) is 90.2 cm³/mol. The van der Waals surface area contributed by atoms with E-state index in [-0.39, 0.29) is 5.91 Å². The Morgan fingerprint density at radius 2 is 2.32 bits per heavy atom. The molecule has 3 aromatic heterocycles. The number of benzene rings is 1. The smallest absolute Gasteiger partial charge is 0.268 e. The van der Waals surface area contributed by atoms with Gasteiger partial charge in [0, 0.05) is 33.1 Å². The fraction of sp³-hybridized carbons (Fsp3) is 0.0667. The second-order valence-corrected chi connectivity index (χ2v) is 6.71. The highest BCUT2D eigenvalue weighted by molar-refractivity contribution is 9.10. The van der Waals surface area contributed by atoms with Gasteiger partial charge >= 0.3 is 0 Å². The monoisotopic (exact) mass is 374 g/mol. The van der Waals surface area contributed by atoms with E-state index in [1.54, 1.807) is 11.3 Å². The van der Waals surface area contributed by atoms with Crippen molar-refractivity contribution in [3.8, 4) is 0 Å². The number of aromatic nitrogens is 3. The SMILES string of the molecule is O=C(NCc1cn2ccsc2n1)c1cc2ccc(Br)cc2[nH]1. The summed E-state index contributed by atoms with van der Waals surface area (Å²) < 4.78 is 2.93. The molecule has 1 amide bonds. The van der Waals surface area contributed by atoms with Crippen molar-refractivity contribution in [3.05, 3.63) is 57.9 Å². The number of thiazole rings is 1. The van der Waals surface area contributed by atoms with Gasteiger partial charge in [-0.3, -0.25) is 9.20 Å². The minimum absolute atomic E-state index is 0.135. The van der Waals surface area contributed by atoms with Crippen molar-refractivity contribution < 1.29 is 4.79 Å². The predicted octanol–water partition coefficient (Wildman–Crippen LogP) is 3.57. The molecule has 0 aliphatic heterocycles. The molecule has 0 radical (unpaired) electrons. The Morgan fingerprint density at radius 1 is 1.41 bits per heavy atom. The number of amides is 1. The number of hydrogen-bond acceptors (Lipinski definition) is 3. The van der Waals surface area contributed by atoms with Crippen molar-refractivity contribution in [2.75, 3.05) is 0 Å². The molecule has 0 saturated heterocycles. The van der Waals surface area contributed by atoms with Crippen molar-refractivity contribution >= 4 is 49.0 Å². The maximum absolute atomic E-state index is 12.2. The summed E-state index contributed by atoms with van der Waals surface area (Å²) in [5.74, 6) is -0.135. The molecule has 0 bridgehead atoms. The molecular weight excluding hydrogens is 364 g/mol. The van der Waals surface area contributed by atoms with Gasteiger partial charge < -0.3 is 10.3 Å². The van der Waals surface area contributed by atoms with Crippen LogP contribution in [0.15, 0.2) is 46.5 Å². The third-order valence-electron chi connectivity index (χ3n) is 3.40. The van der Waals surface area contributed by atoms with E-state index in [4.69, 9.17) is 0 Å². The van der Waals surface area contributed by atoms with E-state index >= 15 is 0 Å². The zero-order valence-corrected chi connectivity index (χ0v) is 13.7. The van der Waals surface area contributed by atoms with Crippen molar-refractivity contribution in [2.24, 2.45) is 0 Å². The highest BCUT2D eigenvalue weighted by atomic mass is 79.9. The molecule has 7 heteroatoms. The highest BCUT2D eigenvalue weighted by Crippen LogP contribution is 2.20. The second kappa shape index (κ2) is 5.26. The number of imidazole rings is 1. The molecule has 110 valence electrons. The van der Waals surface area contributed by atoms with E-state index in [0.717, 1.165) is 26.0 Å². The minimum Gasteiger partial charge on any atom is -0.350 e. The first-order chi connectivity index (χ1) is 10.7. The molecule has 0 unspecified atom stereocenters. The van der Waals surface area contributed by atoms with Gasteiger partial charge in [-0.1, -0.05) is 22.0 Å². The maximum Gasteiger partial charge on any atom is 0.268 e. The largest absolute Gasteiger partial charge is 0.350 e. The summed E-state index contributed by atoms with van der Waals surface area (Å²) in [7, 11) is 0. The van der Waals surface area contributed by atoms with Crippen LogP contribution in [0.2, 0.25) is 0 Å². The van der Waals surface area contributed by atoms with E-state index < -0.39 is 0 Å². The summed E-state index contributed by atoms with van der Waals surface area (Å²) in [6.45, 7) is 0.409. The van der Waals surface area contributed by atoms with Crippen molar-refractivity contribution in [3.63, 3.8) is 0 Å². The number of fused-ring (bicyclic) bond motifs is 2. The Labute approximate surface area is 138 Å². The van der Waals surface area contributed by atoms with Crippen LogP contribution >= 0.6 is 27.3 Å². The molecule has 5 nitrogen and oxygen atoms in total. The number of hydrogen-bond donors (Lipinski definition) is 2. The van der Waals surface area contributed by atoms with Crippen LogP contribution < -0.4 is 5.32 Å². The number of carbonyl (C=O) groups excluding carboxylic acids is 1. The molecule has 0 aliphatic rings. The van der Waals surface area contributed by atoms with Crippen molar-refractivity contribution in [1.29, 1.82) is 0 Å². The van der Waals surface area contributed by atoms with Crippen LogP contribution in [0.5, 0.6) is 0 Å². The second-order valence-electron chi connectivity index (χ2n) is 4.92. The van der Waals surface area contributed by atoms with Crippen LogP contribution in [0.1, 0.15) is 16.2 Å². The summed E-state index contributed by atoms with van der Waals surface area (Å²) in [4.78, 5) is 20.7. The number of nitrogens with zero attached hydrogens (tertiary/aromatic N) is 2. The Bertz CT molecular complexity index is 955. The average molecular weight is 375 g/mol. The number of aromatic amines is 1. The first-order valence-electron chi connectivity index (χ1n) is 6.66. The van der Waals surface area contributed by atoms with Crippen LogP contribution in [0.3, 0.4) is 0 Å². The Kier molecular flexibility index (Phi) is 3.24. The molecule has 0 saturated carbocycles. The molecule has 1 aromatic carbocycles. The van der Waals surface area contributed by atoms with Gasteiger partial charge in [-0.25, -0.2) is 4.98 Å². The lowest BCUT2D eigenvalue weighted by Crippen LogP contribution is -2.23. The van der Waals surface area contributed by atoms with E-state index in [2.05, 4.69) is 31.2 Å². The number of rotatable bonds is 3. The van der Waals surface area contributed by atoms with E-state index in [9.17, 15) is 4.79 Å². The Hall–Kier alpha value is -2.12. The van der Waals surface area contributed by atoms with Gasteiger partial charge in [-0.15, -0.1) is 11.3 Å². The molecule has 0 spiro atoms. The summed E-state index contributed by atoms with van der Waals surface area (Å²) in [5, 5.41) is 5.88. The molecular formula is C15H11BrN4OS. The first kappa shape index (κ1) is 13.5. The summed E-state index contributed by atoms with van der Waals surface area (Å²) in [6.07, 6.45) is 3.88. The lowest BCUT2D eigenvalue weighted by molar-refractivity contribution is 0.0946. The molecule has 22 heavy (non-hydrogen) atoms. The normalized spacial score (nSPS) is 11.3. The molecule has 2 N–H and O–H groups in total. The van der Waals surface area contributed by atoms with Crippen molar-refractivity contribution in [2.45, 2.75) is 6.54 Å². The van der Waals surface area contributed by atoms with Crippen LogP contribution in [0, 0.1) is 0 Å². The average Bonchev–Trinajstić information content (AvgIpc) is 3.17. The Morgan fingerprint density at radius 3 is 3.18 bits per heavy atom.